The van der Waals surface area contributed by atoms with Gasteiger partial charge >= 0.3 is 5.97 Å². The quantitative estimate of drug-likeness (QED) is 0.182. The van der Waals surface area contributed by atoms with Crippen molar-refractivity contribution in [3.8, 4) is 0 Å². The minimum atomic E-state index is -0.676. The third-order valence-corrected chi connectivity index (χ3v) is 10.8. The Morgan fingerprint density at radius 3 is 1.58 bits per heavy atom. The summed E-state index contributed by atoms with van der Waals surface area (Å²) in [4.78, 5) is 11.4. The van der Waals surface area contributed by atoms with E-state index in [1.165, 1.54) is 32.1 Å². The maximum atomic E-state index is 11.4. The lowest BCUT2D eigenvalue weighted by atomic mass is 9.81. The monoisotopic (exact) mass is 684 g/mol. The largest absolute Gasteiger partial charge is 0.481 e. The van der Waals surface area contributed by atoms with Crippen LogP contribution in [0.1, 0.15) is 114 Å². The Balaban J connectivity index is 1.41. The number of carboxylic acid groups (broad SMARTS) is 1. The average molecular weight is 685 g/mol. The zero-order valence-electron chi connectivity index (χ0n) is 30.2. The smallest absolute Gasteiger partial charge is 0.303 e. The van der Waals surface area contributed by atoms with Crippen molar-refractivity contribution in [3.63, 3.8) is 0 Å². The van der Waals surface area contributed by atoms with E-state index in [-0.39, 0.29) is 36.9 Å². The van der Waals surface area contributed by atoms with Gasteiger partial charge in [0, 0.05) is 6.42 Å². The van der Waals surface area contributed by atoms with Crippen LogP contribution < -0.4 is 0 Å². The van der Waals surface area contributed by atoms with Crippen molar-refractivity contribution in [2.75, 3.05) is 0 Å². The molecule has 50 heavy (non-hydrogen) atoms. The van der Waals surface area contributed by atoms with Crippen molar-refractivity contribution in [2.24, 2.45) is 11.8 Å². The molecule has 1 N–H and O–H groups in total. The van der Waals surface area contributed by atoms with Crippen LogP contribution >= 0.6 is 0 Å². The van der Waals surface area contributed by atoms with Crippen molar-refractivity contribution >= 4 is 5.97 Å². The SMILES string of the molecule is CCC1OC(C2CCCCCCCC(CCC(=O)O)CCCC2)C(OCc2ccccc2)C(OCc2ccccc2)C1OCc1ccccc1. The lowest BCUT2D eigenvalue weighted by Crippen LogP contribution is -2.61. The van der Waals surface area contributed by atoms with Gasteiger partial charge in [0.2, 0.25) is 0 Å². The van der Waals surface area contributed by atoms with Crippen LogP contribution in [0.3, 0.4) is 0 Å². The number of benzene rings is 3. The predicted octanol–water partition coefficient (Wildman–Crippen LogP) is 10.3. The van der Waals surface area contributed by atoms with Gasteiger partial charge in [-0.25, -0.2) is 0 Å². The predicted molar refractivity (Wildman–Crippen MR) is 199 cm³/mol. The van der Waals surface area contributed by atoms with E-state index < -0.39 is 5.97 Å². The normalized spacial score (nSPS) is 27.0. The second kappa shape index (κ2) is 21.4. The van der Waals surface area contributed by atoms with Crippen LogP contribution in [0.25, 0.3) is 0 Å². The van der Waals surface area contributed by atoms with E-state index >= 15 is 0 Å². The summed E-state index contributed by atoms with van der Waals surface area (Å²) in [7, 11) is 0. The summed E-state index contributed by atoms with van der Waals surface area (Å²) in [6.07, 6.45) is 13.5. The number of carboxylic acids is 1. The maximum Gasteiger partial charge on any atom is 0.303 e. The number of carbonyl (C=O) groups is 1. The zero-order valence-corrected chi connectivity index (χ0v) is 30.2. The fourth-order valence-corrected chi connectivity index (χ4v) is 7.97. The Hall–Kier alpha value is -3.03. The Kier molecular flexibility index (Phi) is 16.3. The Labute approximate surface area is 300 Å². The molecule has 7 unspecified atom stereocenters. The summed E-state index contributed by atoms with van der Waals surface area (Å²) in [6, 6.07) is 31.2. The molecule has 0 spiro atoms. The molecule has 6 nitrogen and oxygen atoms in total. The second-order valence-corrected chi connectivity index (χ2v) is 14.5. The standard InChI is InChI=1S/C44H60O6/c1-2-39-42(47-31-35-21-10-6-11-22-35)44(49-33-37-25-14-8-15-26-37)43(48-32-36-23-12-7-13-24-36)41(50-39)38-27-16-5-3-4-9-19-34(20-17-18-28-38)29-30-40(45)46/h6-8,10-15,21-26,34,38-39,41-44H,2-5,9,16-20,27-33H2,1H3,(H,45,46). The molecule has 3 aromatic carbocycles. The van der Waals surface area contributed by atoms with Crippen LogP contribution in [0, 0.1) is 11.8 Å². The molecule has 3 aromatic rings. The van der Waals surface area contributed by atoms with Gasteiger partial charge in [-0.15, -0.1) is 0 Å². The van der Waals surface area contributed by atoms with Gasteiger partial charge in [-0.3, -0.25) is 4.79 Å². The van der Waals surface area contributed by atoms with Crippen LogP contribution in [0.15, 0.2) is 91.0 Å². The Morgan fingerprint density at radius 2 is 1.06 bits per heavy atom. The molecule has 272 valence electrons. The zero-order chi connectivity index (χ0) is 34.8. The highest BCUT2D eigenvalue weighted by Gasteiger charge is 2.49. The van der Waals surface area contributed by atoms with Crippen LogP contribution in [-0.4, -0.2) is 41.6 Å². The van der Waals surface area contributed by atoms with Gasteiger partial charge < -0.3 is 24.1 Å². The molecule has 6 heteroatoms. The molecular weight excluding hydrogens is 624 g/mol. The molecule has 0 radical (unpaired) electrons. The molecular formula is C44H60O6. The topological polar surface area (TPSA) is 74.2 Å². The van der Waals surface area contributed by atoms with E-state index in [4.69, 9.17) is 18.9 Å². The molecule has 2 fully saturated rings. The van der Waals surface area contributed by atoms with Crippen molar-refractivity contribution in [3.05, 3.63) is 108 Å². The minimum absolute atomic E-state index is 0.117. The fraction of sp³-hybridized carbons (Fsp3) is 0.568. The molecule has 0 amide bonds. The first-order chi connectivity index (χ1) is 24.6. The molecule has 1 aliphatic heterocycles. The van der Waals surface area contributed by atoms with Crippen molar-refractivity contribution < 1.29 is 28.8 Å². The number of hydrogen-bond acceptors (Lipinski definition) is 5. The number of aliphatic carboxylic acids is 1. The Morgan fingerprint density at radius 1 is 0.620 bits per heavy atom. The molecule has 1 aliphatic carbocycles. The van der Waals surface area contributed by atoms with Crippen LogP contribution in [-0.2, 0) is 43.6 Å². The minimum Gasteiger partial charge on any atom is -0.481 e. The Bertz CT molecular complexity index is 1330. The third-order valence-electron chi connectivity index (χ3n) is 10.8. The summed E-state index contributed by atoms with van der Waals surface area (Å²) < 4.78 is 27.9. The summed E-state index contributed by atoms with van der Waals surface area (Å²) >= 11 is 0. The molecule has 5 rings (SSSR count). The molecule has 0 aromatic heterocycles. The van der Waals surface area contributed by atoms with E-state index in [9.17, 15) is 9.90 Å². The van der Waals surface area contributed by atoms with Crippen LogP contribution in [0.2, 0.25) is 0 Å². The van der Waals surface area contributed by atoms with E-state index in [1.807, 2.05) is 18.2 Å². The molecule has 1 saturated carbocycles. The number of rotatable bonds is 14. The highest BCUT2D eigenvalue weighted by atomic mass is 16.6. The third kappa shape index (κ3) is 12.3. The summed E-state index contributed by atoms with van der Waals surface area (Å²) in [5.74, 6) is 0.159. The van der Waals surface area contributed by atoms with E-state index in [0.29, 0.717) is 31.7 Å². The first-order valence-corrected chi connectivity index (χ1v) is 19.4. The number of hydrogen-bond donors (Lipinski definition) is 1. The first-order valence-electron chi connectivity index (χ1n) is 19.4. The summed E-state index contributed by atoms with van der Waals surface area (Å²) in [5, 5.41) is 9.34. The highest BCUT2D eigenvalue weighted by molar-refractivity contribution is 5.66. The average Bonchev–Trinajstić information content (AvgIpc) is 3.17. The second-order valence-electron chi connectivity index (χ2n) is 14.5. The van der Waals surface area contributed by atoms with E-state index in [0.717, 1.165) is 68.1 Å². The fourth-order valence-electron chi connectivity index (χ4n) is 7.97. The van der Waals surface area contributed by atoms with Gasteiger partial charge in [-0.2, -0.15) is 0 Å². The summed E-state index contributed by atoms with van der Waals surface area (Å²) in [5.41, 5.74) is 3.39. The van der Waals surface area contributed by atoms with Gasteiger partial charge in [-0.05, 0) is 54.2 Å². The highest BCUT2D eigenvalue weighted by Crippen LogP contribution is 2.38. The molecule has 1 saturated heterocycles. The first kappa shape index (κ1) is 38.2. The lowest BCUT2D eigenvalue weighted by Gasteiger charge is -2.48. The van der Waals surface area contributed by atoms with Crippen molar-refractivity contribution in [1.82, 2.24) is 0 Å². The van der Waals surface area contributed by atoms with Gasteiger partial charge in [0.1, 0.15) is 18.3 Å². The summed E-state index contributed by atoms with van der Waals surface area (Å²) in [6.45, 7) is 3.64. The van der Waals surface area contributed by atoms with Gasteiger partial charge in [0.25, 0.3) is 0 Å². The van der Waals surface area contributed by atoms with Gasteiger partial charge in [-0.1, -0.05) is 156 Å². The van der Waals surface area contributed by atoms with E-state index in [2.05, 4.69) is 79.7 Å². The van der Waals surface area contributed by atoms with Gasteiger partial charge in [0.15, 0.2) is 0 Å². The van der Waals surface area contributed by atoms with Gasteiger partial charge in [0.05, 0.1) is 32.0 Å². The molecule has 0 bridgehead atoms. The molecule has 7 atom stereocenters. The van der Waals surface area contributed by atoms with Crippen LogP contribution in [0.5, 0.6) is 0 Å². The van der Waals surface area contributed by atoms with Crippen molar-refractivity contribution in [2.45, 2.75) is 147 Å². The van der Waals surface area contributed by atoms with Crippen LogP contribution in [0.4, 0.5) is 0 Å². The molecule has 1 heterocycles. The van der Waals surface area contributed by atoms with Crippen molar-refractivity contribution in [1.29, 1.82) is 0 Å². The van der Waals surface area contributed by atoms with E-state index in [1.54, 1.807) is 0 Å². The maximum absolute atomic E-state index is 11.4. The molecule has 2 aliphatic rings. The number of ether oxygens (including phenoxy) is 4. The lowest BCUT2D eigenvalue weighted by molar-refractivity contribution is -0.275.